The van der Waals surface area contributed by atoms with Crippen LogP contribution in [0.2, 0.25) is 0 Å². The van der Waals surface area contributed by atoms with E-state index in [1.165, 1.54) is 4.31 Å². The van der Waals surface area contributed by atoms with E-state index < -0.39 is 10.0 Å². The number of carbonyl (C=O) groups is 1. The Balaban J connectivity index is 1.52. The first-order chi connectivity index (χ1) is 17.9. The minimum Gasteiger partial charge on any atom is -0.492 e. The Morgan fingerprint density at radius 2 is 1.76 bits per heavy atom. The van der Waals surface area contributed by atoms with E-state index in [-0.39, 0.29) is 16.5 Å². The molecule has 2 saturated heterocycles. The number of hydrogen-bond acceptors (Lipinski definition) is 7. The number of carbonyl (C=O) groups excluding carboxylic acids is 1. The molecule has 1 aromatic heterocycles. The van der Waals surface area contributed by atoms with Crippen LogP contribution in [0.1, 0.15) is 30.6 Å². The van der Waals surface area contributed by atoms with Gasteiger partial charge in [0.2, 0.25) is 5.03 Å². The number of aromatic nitrogens is 2. The summed E-state index contributed by atoms with van der Waals surface area (Å²) >= 11 is 0. The summed E-state index contributed by atoms with van der Waals surface area (Å²) in [6, 6.07) is 7.81. The van der Waals surface area contributed by atoms with Gasteiger partial charge in [-0.05, 0) is 25.5 Å². The van der Waals surface area contributed by atoms with E-state index in [2.05, 4.69) is 21.5 Å². The molecule has 1 amide bonds. The highest BCUT2D eigenvalue weighted by Gasteiger charge is 2.36. The van der Waals surface area contributed by atoms with Crippen LogP contribution >= 0.6 is 0 Å². The van der Waals surface area contributed by atoms with Gasteiger partial charge in [0, 0.05) is 71.6 Å². The summed E-state index contributed by atoms with van der Waals surface area (Å²) in [6.45, 7) is 13.8. The number of nitrogens with zero attached hydrogens (tertiary/aromatic N) is 6. The second-order valence-corrected chi connectivity index (χ2v) is 11.1. The molecule has 0 spiro atoms. The van der Waals surface area contributed by atoms with Gasteiger partial charge in [-0.25, -0.2) is 8.42 Å². The maximum absolute atomic E-state index is 13.8. The number of para-hydroxylation sites is 2. The molecular weight excluding hydrogens is 492 g/mol. The Morgan fingerprint density at radius 1 is 1.05 bits per heavy atom. The summed E-state index contributed by atoms with van der Waals surface area (Å²) in [6.07, 6.45) is 4.24. The second-order valence-electron chi connectivity index (χ2n) is 9.28. The molecule has 2 aromatic rings. The predicted octanol–water partition coefficient (Wildman–Crippen LogP) is 2.15. The molecule has 10 nitrogen and oxygen atoms in total. The lowest BCUT2D eigenvalue weighted by Crippen LogP contribution is -2.50. The average molecular weight is 531 g/mol. The zero-order valence-electron chi connectivity index (χ0n) is 21.9. The van der Waals surface area contributed by atoms with Crippen molar-refractivity contribution in [2.45, 2.75) is 31.8 Å². The standard InChI is InChI=1S/C26H38N6O4S/c1-4-11-28-13-15-30(16-14-28)26(33)22-21-31(12-5-2)27-25(22)37(34,35)32-19-17-29(18-20-32)23-9-7-8-10-24(23)36-6-3/h4,7-10,21H,1,5-6,11-20H2,2-3H3. The van der Waals surface area contributed by atoms with E-state index >= 15 is 0 Å². The van der Waals surface area contributed by atoms with Gasteiger partial charge < -0.3 is 14.5 Å². The molecule has 0 saturated carbocycles. The molecule has 37 heavy (non-hydrogen) atoms. The van der Waals surface area contributed by atoms with Crippen LogP contribution in [0.3, 0.4) is 0 Å². The minimum atomic E-state index is -3.95. The molecule has 202 valence electrons. The lowest BCUT2D eigenvalue weighted by atomic mass is 10.2. The number of amides is 1. The van der Waals surface area contributed by atoms with Crippen molar-refractivity contribution in [2.75, 3.05) is 70.4 Å². The summed E-state index contributed by atoms with van der Waals surface area (Å²) in [4.78, 5) is 19.6. The highest BCUT2D eigenvalue weighted by molar-refractivity contribution is 7.89. The summed E-state index contributed by atoms with van der Waals surface area (Å²) in [7, 11) is -3.95. The number of hydrogen-bond donors (Lipinski definition) is 0. The van der Waals surface area contributed by atoms with Crippen molar-refractivity contribution in [1.82, 2.24) is 23.9 Å². The first-order valence-electron chi connectivity index (χ1n) is 13.1. The van der Waals surface area contributed by atoms with Crippen LogP contribution in [-0.2, 0) is 16.6 Å². The molecule has 1 aromatic carbocycles. The van der Waals surface area contributed by atoms with Gasteiger partial charge in [-0.1, -0.05) is 25.1 Å². The third kappa shape index (κ3) is 6.00. The topological polar surface area (TPSA) is 91.2 Å². The first kappa shape index (κ1) is 27.2. The first-order valence-corrected chi connectivity index (χ1v) is 14.5. The molecule has 0 atom stereocenters. The molecule has 2 fully saturated rings. The molecule has 2 aliphatic heterocycles. The fraction of sp³-hybridized carbons (Fsp3) is 0.538. The van der Waals surface area contributed by atoms with Gasteiger partial charge in [0.15, 0.2) is 0 Å². The van der Waals surface area contributed by atoms with Crippen molar-refractivity contribution in [2.24, 2.45) is 0 Å². The normalized spacial score (nSPS) is 17.7. The smallest absolute Gasteiger partial charge is 0.263 e. The van der Waals surface area contributed by atoms with Gasteiger partial charge in [0.25, 0.3) is 15.9 Å². The SMILES string of the molecule is C=CCN1CCN(C(=O)c2cn(CCC)nc2S(=O)(=O)N2CCN(c3ccccc3OCC)CC2)CC1. The van der Waals surface area contributed by atoms with E-state index in [1.807, 2.05) is 44.2 Å². The molecule has 0 bridgehead atoms. The predicted molar refractivity (Wildman–Crippen MR) is 144 cm³/mol. The fourth-order valence-electron chi connectivity index (χ4n) is 4.86. The van der Waals surface area contributed by atoms with Gasteiger partial charge in [-0.15, -0.1) is 6.58 Å². The molecule has 0 radical (unpaired) electrons. The molecular formula is C26H38N6O4S. The molecule has 4 rings (SSSR count). The van der Waals surface area contributed by atoms with Gasteiger partial charge in [-0.3, -0.25) is 14.4 Å². The maximum atomic E-state index is 13.8. The number of benzene rings is 1. The summed E-state index contributed by atoms with van der Waals surface area (Å²) in [5.41, 5.74) is 1.12. The van der Waals surface area contributed by atoms with Crippen molar-refractivity contribution >= 4 is 21.6 Å². The number of aryl methyl sites for hydroxylation is 1. The Bertz CT molecular complexity index is 1180. The van der Waals surface area contributed by atoms with Crippen LogP contribution in [0.5, 0.6) is 5.75 Å². The van der Waals surface area contributed by atoms with Crippen molar-refractivity contribution in [3.05, 3.63) is 48.7 Å². The Labute approximate surface area is 220 Å². The number of ether oxygens (including phenoxy) is 1. The highest BCUT2D eigenvalue weighted by Crippen LogP contribution is 2.30. The number of rotatable bonds is 10. The van der Waals surface area contributed by atoms with Crippen LogP contribution in [0.25, 0.3) is 0 Å². The van der Waals surface area contributed by atoms with E-state index in [0.29, 0.717) is 52.4 Å². The molecule has 3 heterocycles. The number of anilines is 1. The summed E-state index contributed by atoms with van der Waals surface area (Å²) in [5, 5.41) is 4.27. The van der Waals surface area contributed by atoms with Crippen LogP contribution in [0, 0.1) is 0 Å². The molecule has 2 aliphatic rings. The van der Waals surface area contributed by atoms with Crippen molar-refractivity contribution in [1.29, 1.82) is 0 Å². The van der Waals surface area contributed by atoms with E-state index in [0.717, 1.165) is 37.5 Å². The number of piperazine rings is 2. The monoisotopic (exact) mass is 530 g/mol. The highest BCUT2D eigenvalue weighted by atomic mass is 32.2. The summed E-state index contributed by atoms with van der Waals surface area (Å²) < 4.78 is 36.4. The second kappa shape index (κ2) is 12.1. The van der Waals surface area contributed by atoms with Gasteiger partial charge in [0.05, 0.1) is 17.9 Å². The fourth-order valence-corrected chi connectivity index (χ4v) is 6.37. The average Bonchev–Trinajstić information content (AvgIpc) is 3.35. The third-order valence-corrected chi connectivity index (χ3v) is 8.62. The van der Waals surface area contributed by atoms with Gasteiger partial charge >= 0.3 is 0 Å². The van der Waals surface area contributed by atoms with Crippen molar-refractivity contribution in [3.8, 4) is 5.75 Å². The lowest BCUT2D eigenvalue weighted by Gasteiger charge is -2.36. The summed E-state index contributed by atoms with van der Waals surface area (Å²) in [5.74, 6) is 0.518. The zero-order valence-corrected chi connectivity index (χ0v) is 22.7. The molecule has 0 N–H and O–H groups in total. The maximum Gasteiger partial charge on any atom is 0.263 e. The van der Waals surface area contributed by atoms with Crippen LogP contribution in [0.4, 0.5) is 5.69 Å². The molecule has 0 aliphatic carbocycles. The van der Waals surface area contributed by atoms with Crippen molar-refractivity contribution in [3.63, 3.8) is 0 Å². The minimum absolute atomic E-state index is 0.136. The molecule has 11 heteroatoms. The quantitative estimate of drug-likeness (QED) is 0.435. The number of sulfonamides is 1. The van der Waals surface area contributed by atoms with Crippen LogP contribution in [-0.4, -0.2) is 104 Å². The zero-order chi connectivity index (χ0) is 26.4. The van der Waals surface area contributed by atoms with Crippen LogP contribution in [0.15, 0.2) is 48.1 Å². The van der Waals surface area contributed by atoms with Crippen LogP contribution < -0.4 is 9.64 Å². The van der Waals surface area contributed by atoms with E-state index in [1.54, 1.807) is 15.8 Å². The Hall–Kier alpha value is -2.89. The van der Waals surface area contributed by atoms with Gasteiger partial charge in [-0.2, -0.15) is 9.40 Å². The largest absolute Gasteiger partial charge is 0.492 e. The third-order valence-electron chi connectivity index (χ3n) is 6.79. The Morgan fingerprint density at radius 3 is 2.41 bits per heavy atom. The van der Waals surface area contributed by atoms with Crippen molar-refractivity contribution < 1.29 is 17.9 Å². The van der Waals surface area contributed by atoms with E-state index in [9.17, 15) is 13.2 Å². The van der Waals surface area contributed by atoms with Gasteiger partial charge in [0.1, 0.15) is 5.75 Å². The molecule has 0 unspecified atom stereocenters. The lowest BCUT2D eigenvalue weighted by molar-refractivity contribution is 0.0646. The Kier molecular flexibility index (Phi) is 8.88. The van der Waals surface area contributed by atoms with E-state index in [4.69, 9.17) is 4.74 Å².